The van der Waals surface area contributed by atoms with Crippen LogP contribution in [0.3, 0.4) is 0 Å². The van der Waals surface area contributed by atoms with Gasteiger partial charge in [-0.2, -0.15) is 0 Å². The van der Waals surface area contributed by atoms with Gasteiger partial charge in [0.1, 0.15) is 0 Å². The molecule has 1 fully saturated rings. The Bertz CT molecular complexity index is 2010. The third-order valence-corrected chi connectivity index (χ3v) is 11.5. The Labute approximate surface area is 712 Å². The first-order valence-electron chi connectivity index (χ1n) is 34.8. The molecule has 9 amide bonds. The Morgan fingerprint density at radius 1 is 0.353 bits per heavy atom. The molecule has 0 spiro atoms. The molecule has 1 aliphatic rings. The molecular weight excluding hydrogens is 1770 g/mol. The number of nitrogens with one attached hydrogen (secondary N) is 1. The number of aliphatic hydroxyl groups is 6. The van der Waals surface area contributed by atoms with Crippen LogP contribution in [0.25, 0.3) is 31.9 Å². The predicted molar refractivity (Wildman–Crippen MR) is 415 cm³/mol. The van der Waals surface area contributed by atoms with Crippen LogP contribution in [0.4, 0.5) is 0 Å². The average molecular weight is 1900 g/mol. The summed E-state index contributed by atoms with van der Waals surface area (Å²) in [6, 6.07) is -9.97. The summed E-state index contributed by atoms with van der Waals surface area (Å²) < 4.78 is 84.3. The second kappa shape index (κ2) is 117. The molecule has 0 aromatic heterocycles. The Morgan fingerprint density at radius 3 is 0.716 bits per heavy atom. The van der Waals surface area contributed by atoms with E-state index in [1.54, 1.807) is 49.8 Å². The van der Waals surface area contributed by atoms with Crippen molar-refractivity contribution in [3.63, 3.8) is 0 Å². The van der Waals surface area contributed by atoms with Crippen molar-refractivity contribution in [1.29, 1.82) is 0 Å². The Balaban J connectivity index is -0.000000126. The first-order valence-corrected chi connectivity index (χ1v) is 37.4. The summed E-state index contributed by atoms with van der Waals surface area (Å²) in [5, 5.41) is 77.1. The first kappa shape index (κ1) is 135. The van der Waals surface area contributed by atoms with Crippen LogP contribution in [0, 0.1) is 0 Å². The van der Waals surface area contributed by atoms with Gasteiger partial charge in [-0.05, 0) is 37.3 Å². The number of likely N-dealkylation sites (N-methyl/N-ethyl adjacent to an activating group) is 1. The van der Waals surface area contributed by atoms with Gasteiger partial charge in [-0.25, -0.2) is 0 Å². The summed E-state index contributed by atoms with van der Waals surface area (Å²) in [6.07, 6.45) is -0.352. The molecule has 49 nitrogen and oxygen atoms in total. The van der Waals surface area contributed by atoms with Gasteiger partial charge in [-0.1, -0.05) is 0 Å². The van der Waals surface area contributed by atoms with E-state index < -0.39 is 147 Å². The van der Waals surface area contributed by atoms with E-state index in [2.05, 4.69) is 73.0 Å². The topological polar surface area (TPSA) is 773 Å². The molecule has 0 radical (unpaired) electrons. The summed E-state index contributed by atoms with van der Waals surface area (Å²) in [7, 11) is 14.3. The number of nitrogens with two attached hydrogens (primary N) is 8. The third-order valence-electron chi connectivity index (χ3n) is 11.0. The summed E-state index contributed by atoms with van der Waals surface area (Å²) in [4.78, 5) is 121. The van der Waals surface area contributed by atoms with Gasteiger partial charge >= 0.3 is 50.7 Å². The monoisotopic (exact) mass is 1900 g/mol. The number of ether oxygens (including phenoxy) is 14. The van der Waals surface area contributed by atoms with Crippen LogP contribution in [-0.4, -0.2) is 431 Å². The van der Waals surface area contributed by atoms with Crippen LogP contribution in [0.5, 0.6) is 0 Å². The number of methoxy groups -OCH3 is 7. The molecule has 6 atom stereocenters. The number of aliphatic hydroxyl groups excluding tert-OH is 6. The fourth-order valence-corrected chi connectivity index (χ4v) is 5.85. The minimum absolute atomic E-state index is 0.176. The quantitative estimate of drug-likeness (QED) is 0.0153. The zero-order chi connectivity index (χ0) is 91.2. The molecular formula is C63H132N16O33S2Tc2. The number of hydrogen-bond acceptors (Lipinski definition) is 43. The molecule has 0 bridgehead atoms. The van der Waals surface area contributed by atoms with Crippen LogP contribution < -0.4 is 51.2 Å². The van der Waals surface area contributed by atoms with E-state index >= 15 is 0 Å². The molecule has 23 N–H and O–H groups in total. The number of nitrogens with zero attached hydrogens (tertiary/aromatic N) is 7. The number of hydroxylamine groups is 2. The second-order valence-electron chi connectivity index (χ2n) is 19.8. The maximum absolute atomic E-state index is 12.1. The fourth-order valence-electron chi connectivity index (χ4n) is 5.70. The summed E-state index contributed by atoms with van der Waals surface area (Å²) in [5.41, 5.74) is 40.5. The number of amides is 9. The van der Waals surface area contributed by atoms with Gasteiger partial charge in [0.05, 0.1) is 139 Å². The molecule has 0 aromatic carbocycles. The van der Waals surface area contributed by atoms with Crippen LogP contribution in [0.15, 0.2) is 0 Å². The van der Waals surface area contributed by atoms with Crippen molar-refractivity contribution in [3.05, 3.63) is 31.9 Å². The van der Waals surface area contributed by atoms with E-state index in [1.807, 2.05) is 0 Å². The molecule has 1 aliphatic heterocycles. The fraction of sp³-hybridized carbons (Fsp3) is 0.841. The van der Waals surface area contributed by atoms with Crippen molar-refractivity contribution < 1.29 is 194 Å². The van der Waals surface area contributed by atoms with Crippen LogP contribution in [-0.2, 0) is 189 Å². The predicted octanol–water partition coefficient (Wildman–Crippen LogP) is -9.42. The molecule has 0 aliphatic carbocycles. The number of imide groups is 1. The molecule has 0 aromatic rings. The molecule has 1 saturated heterocycles. The van der Waals surface area contributed by atoms with E-state index in [4.69, 9.17) is 134 Å². The van der Waals surface area contributed by atoms with Crippen LogP contribution in [0.1, 0.15) is 12.8 Å². The molecule has 1 heterocycles. The molecule has 0 saturated carbocycles. The standard InChI is InChI=1S/C15H22N4O10S.C12H22N4O7S.7C5H13NO2.CH5N.2O.2Tc/c20-3-7(16-10(23)6-30)13(26)17-8(4-21)14(27)18-9(5-22)15(28)29-19-11(24)1-2-12(19)25;1-13-10(21)6(2-17)15-12(23)8(4-19)16-11(22)7(3-18)14-9(20)5-24;7*1-7-4-5-8-3-2-6;1-2;;;;/h7-9,20-22H,1-6H2,(H4,16,17,18,23,26,27,30);6-8,17-19H,2-5H2,1H3,(H5,13,14,15,16,20,21,22,23,24);7*2-6H2,1H3;2H2,1H3;;;;/q;;;;;;;;;;;;2*+4/p-8. The van der Waals surface area contributed by atoms with Gasteiger partial charge in [0.2, 0.25) is 5.91 Å². The van der Waals surface area contributed by atoms with Gasteiger partial charge in [0.15, 0.2) is 0 Å². The third kappa shape index (κ3) is 99.9. The second-order valence-corrected chi connectivity index (χ2v) is 20.3. The Morgan fingerprint density at radius 2 is 0.543 bits per heavy atom. The van der Waals surface area contributed by atoms with Crippen molar-refractivity contribution in [2.75, 3.05) is 300 Å². The molecule has 116 heavy (non-hydrogen) atoms. The van der Waals surface area contributed by atoms with E-state index in [-0.39, 0.29) is 17.9 Å². The zero-order valence-electron chi connectivity index (χ0n) is 67.9. The summed E-state index contributed by atoms with van der Waals surface area (Å²) in [5.74, 6) is -11.1. The van der Waals surface area contributed by atoms with E-state index in [0.717, 1.165) is 37.7 Å². The van der Waals surface area contributed by atoms with Gasteiger partial charge in [0, 0.05) is 197 Å². The van der Waals surface area contributed by atoms with Gasteiger partial charge < -0.3 is 239 Å². The van der Waals surface area contributed by atoms with Gasteiger partial charge in [0.25, 0.3) is 11.8 Å². The summed E-state index contributed by atoms with van der Waals surface area (Å²) >= 11 is 10.7. The van der Waals surface area contributed by atoms with Crippen LogP contribution >= 0.6 is 0 Å². The average Bonchev–Trinajstić information content (AvgIpc) is 1.68. The zero-order valence-corrected chi connectivity index (χ0v) is 73.2. The first-order chi connectivity index (χ1) is 55.9. The normalized spacial score (nSPS) is 12.0. The van der Waals surface area contributed by atoms with E-state index in [1.165, 1.54) is 14.1 Å². The van der Waals surface area contributed by atoms with Crippen molar-refractivity contribution >= 4 is 84.4 Å². The van der Waals surface area contributed by atoms with Crippen molar-refractivity contribution in [1.82, 2.24) is 10.4 Å². The SMILES string of the molecule is CN.CNC(=O)C(CO)[N-]C(=O)C(CO)[N-]C(=O)C(CO)[N-]C(=O)C[S-].COCCOCCN.COCCOCCN.COCCOCCN.COCCOCCN.COCCOCCN.COCCOCCN.COCCOCCN.O=C(C[S-])[N-]C(CO)C(=O)[N-]C(CO)C(=O)[N-]C(CO)C(=O)ON1C(=O)CCC1=O.[O]=[Tc+4].[O]=[Tc+4]. The number of carbonyl (C=O) groups is 10. The van der Waals surface area contributed by atoms with Crippen molar-refractivity contribution in [3.8, 4) is 0 Å². The Kier molecular flexibility index (Phi) is 135. The molecule has 6 unspecified atom stereocenters. The van der Waals surface area contributed by atoms with Crippen molar-refractivity contribution in [2.24, 2.45) is 45.9 Å². The number of hydrogen-bond donors (Lipinski definition) is 15. The number of carbonyl (C=O) groups excluding carboxylic acids is 10. The maximum atomic E-state index is 12.1. The number of rotatable bonds is 56. The van der Waals surface area contributed by atoms with E-state index in [0.29, 0.717) is 185 Å². The summed E-state index contributed by atoms with van der Waals surface area (Å²) in [6.45, 7) is 12.1. The Hall–Kier alpha value is -4.62. The van der Waals surface area contributed by atoms with Crippen LogP contribution in [0.2, 0.25) is 0 Å². The molecule has 688 valence electrons. The van der Waals surface area contributed by atoms with Gasteiger partial charge in [-0.15, -0.1) is 16.6 Å². The van der Waals surface area contributed by atoms with Crippen molar-refractivity contribution in [2.45, 2.75) is 49.1 Å². The molecule has 53 heteroatoms. The van der Waals surface area contributed by atoms with E-state index in [9.17, 15) is 58.2 Å². The molecule has 1 rings (SSSR count). The van der Waals surface area contributed by atoms with Gasteiger partial charge in [-0.3, -0.25) is 19.2 Å². The minimum atomic E-state index is -1.88.